The van der Waals surface area contributed by atoms with Gasteiger partial charge in [-0.25, -0.2) is 0 Å². The summed E-state index contributed by atoms with van der Waals surface area (Å²) < 4.78 is 42.3. The van der Waals surface area contributed by atoms with Gasteiger partial charge in [0.1, 0.15) is 11.5 Å². The van der Waals surface area contributed by atoms with Crippen molar-refractivity contribution in [3.05, 3.63) is 97.4 Å². The minimum absolute atomic E-state index is 0. The number of hydrogen-bond acceptors (Lipinski definition) is 8. The third-order valence-electron chi connectivity index (χ3n) is 12.6. The third kappa shape index (κ3) is 9.90. The molecule has 6 saturated carbocycles. The van der Waals surface area contributed by atoms with E-state index in [1.165, 1.54) is 38.5 Å². The molecular weight excluding hydrogens is 725 g/mol. The van der Waals surface area contributed by atoms with Crippen LogP contribution in [0.2, 0.25) is 0 Å². The van der Waals surface area contributed by atoms with E-state index < -0.39 is 22.6 Å². The summed E-state index contributed by atoms with van der Waals surface area (Å²) >= 11 is 0. The number of methoxy groups -OCH3 is 2. The first-order chi connectivity index (χ1) is 25.4. The van der Waals surface area contributed by atoms with Crippen LogP contribution in [-0.2, 0) is 10.4 Å². The maximum absolute atomic E-state index is 11.2. The minimum Gasteiger partial charge on any atom is -0.497 e. The summed E-state index contributed by atoms with van der Waals surface area (Å²) in [7, 11) is -1.33. The molecule has 6 aliphatic carbocycles. The monoisotopic (exact) mass is 780 g/mol. The summed E-state index contributed by atoms with van der Waals surface area (Å²) in [5, 5.41) is 24.4. The first-order valence-electron chi connectivity index (χ1n) is 18.6. The van der Waals surface area contributed by atoms with Gasteiger partial charge < -0.3 is 30.6 Å². The van der Waals surface area contributed by atoms with Crippen LogP contribution < -0.4 is 9.47 Å². The summed E-state index contributed by atoms with van der Waals surface area (Å²) in [5.41, 5.74) is 3.81. The second kappa shape index (κ2) is 18.8. The molecule has 6 aliphatic rings. The van der Waals surface area contributed by atoms with Crippen molar-refractivity contribution < 1.29 is 48.2 Å². The van der Waals surface area contributed by atoms with Crippen molar-refractivity contribution in [2.75, 3.05) is 14.2 Å². The summed E-state index contributed by atoms with van der Waals surface area (Å²) in [6.07, 6.45) is 16.6. The van der Waals surface area contributed by atoms with Crippen molar-refractivity contribution in [3.8, 4) is 11.5 Å². The number of aliphatic hydroxyl groups is 2. The summed E-state index contributed by atoms with van der Waals surface area (Å²) in [5.74, 6) is 6.16. The zero-order valence-corrected chi connectivity index (χ0v) is 32.3. The molecule has 0 spiro atoms. The number of fused-ring (bicyclic) bond motifs is 8. The highest BCUT2D eigenvalue weighted by atomic mass is 32.3. The van der Waals surface area contributed by atoms with Crippen LogP contribution in [0.4, 0.5) is 0 Å². The standard InChI is InChI=1S/2C21H25NO2.H2O4S.2H2O/c2*1-3-13-10-15-5-4-14(13)11-18(15)21(23)17-8-9-22-20-7-6-16(24-2)12-19(17)20;1-5(2,3)4;;/h2*3,6-9,12-15,18,21,23H,1,4-5,10-11H2,2H3;(H2,1,2,3,4);2*1H2/t2*13-,14-,15?,18-,21?;;;/m00.../s1. The van der Waals surface area contributed by atoms with Crippen molar-refractivity contribution in [2.24, 2.45) is 47.3 Å². The van der Waals surface area contributed by atoms with E-state index in [1.807, 2.05) is 48.5 Å². The number of pyridine rings is 2. The van der Waals surface area contributed by atoms with Gasteiger partial charge in [-0.2, -0.15) is 8.42 Å². The Morgan fingerprint density at radius 2 is 1.02 bits per heavy atom. The largest absolute Gasteiger partial charge is 0.497 e. The number of ether oxygens (including phenoxy) is 2. The molecule has 0 saturated heterocycles. The molecule has 10 rings (SSSR count). The molecule has 4 aromatic rings. The van der Waals surface area contributed by atoms with Crippen molar-refractivity contribution >= 4 is 32.2 Å². The molecule has 2 aromatic heterocycles. The van der Waals surface area contributed by atoms with Crippen LogP contribution in [-0.4, -0.2) is 62.9 Å². The van der Waals surface area contributed by atoms with Crippen LogP contribution in [0.3, 0.4) is 0 Å². The Bertz CT molecular complexity index is 1890. The average molecular weight is 781 g/mol. The third-order valence-corrected chi connectivity index (χ3v) is 12.6. The number of nitrogens with zero attached hydrogens (tertiary/aromatic N) is 2. The van der Waals surface area contributed by atoms with Crippen LogP contribution in [0, 0.1) is 47.3 Å². The smallest absolute Gasteiger partial charge is 0.394 e. The van der Waals surface area contributed by atoms with Gasteiger partial charge in [-0.15, -0.1) is 13.2 Å². The van der Waals surface area contributed by atoms with E-state index in [2.05, 4.69) is 35.3 Å². The zero-order chi connectivity index (χ0) is 37.9. The Labute approximate surface area is 323 Å². The summed E-state index contributed by atoms with van der Waals surface area (Å²) in [6, 6.07) is 15.7. The van der Waals surface area contributed by atoms with Crippen molar-refractivity contribution in [1.82, 2.24) is 9.97 Å². The molecule has 13 heteroatoms. The van der Waals surface area contributed by atoms with Crippen LogP contribution >= 0.6 is 0 Å². The number of aliphatic hydroxyl groups excluding tert-OH is 2. The summed E-state index contributed by atoms with van der Waals surface area (Å²) in [6.45, 7) is 8.01. The van der Waals surface area contributed by atoms with Gasteiger partial charge in [-0.1, -0.05) is 12.2 Å². The molecule has 2 heterocycles. The van der Waals surface area contributed by atoms with Crippen molar-refractivity contribution in [1.29, 1.82) is 0 Å². The SMILES string of the molecule is C=C[C@H]1CC2CC[C@H]1C[C@@H]2C(O)c1ccnc2ccc(OC)cc12.C=C[C@H]1CC2CC[C@H]1C[C@@H]2C(O)c1ccnc2ccc(OC)cc12.O.O.O=S(=O)(O)O. The van der Waals surface area contributed by atoms with Gasteiger partial charge in [0.05, 0.1) is 37.5 Å². The second-order valence-corrected chi connectivity index (χ2v) is 16.1. The first kappa shape index (κ1) is 43.8. The number of benzene rings is 2. The Morgan fingerprint density at radius 1 is 0.655 bits per heavy atom. The number of allylic oxidation sites excluding steroid dienone is 2. The first-order valence-corrected chi connectivity index (χ1v) is 20.0. The van der Waals surface area contributed by atoms with E-state index in [0.29, 0.717) is 47.3 Å². The molecule has 10 atom stereocenters. The molecule has 4 unspecified atom stereocenters. The topological polar surface area (TPSA) is 222 Å². The van der Waals surface area contributed by atoms with Crippen LogP contribution in [0.1, 0.15) is 74.7 Å². The zero-order valence-electron chi connectivity index (χ0n) is 31.5. The van der Waals surface area contributed by atoms with E-state index in [-0.39, 0.29) is 11.0 Å². The lowest BCUT2D eigenvalue weighted by Crippen LogP contribution is -2.39. The Hall–Kier alpha value is -3.95. The molecule has 8 N–H and O–H groups in total. The molecule has 4 bridgehead atoms. The number of hydrogen-bond donors (Lipinski definition) is 4. The van der Waals surface area contributed by atoms with Gasteiger partial charge in [0.25, 0.3) is 0 Å². The quantitative estimate of drug-likeness (QED) is 0.109. The molecule has 300 valence electrons. The van der Waals surface area contributed by atoms with Gasteiger partial charge >= 0.3 is 10.4 Å². The minimum atomic E-state index is -4.67. The predicted molar refractivity (Wildman–Crippen MR) is 213 cm³/mol. The van der Waals surface area contributed by atoms with Gasteiger partial charge in [-0.05, 0) is 158 Å². The lowest BCUT2D eigenvalue weighted by molar-refractivity contribution is -0.0217. The highest BCUT2D eigenvalue weighted by molar-refractivity contribution is 7.79. The second-order valence-electron chi connectivity index (χ2n) is 15.2. The lowest BCUT2D eigenvalue weighted by atomic mass is 9.58. The van der Waals surface area contributed by atoms with E-state index in [0.717, 1.165) is 57.3 Å². The average Bonchev–Trinajstić information content (AvgIpc) is 3.19. The van der Waals surface area contributed by atoms with E-state index >= 15 is 0 Å². The highest BCUT2D eigenvalue weighted by Crippen LogP contribution is 2.54. The van der Waals surface area contributed by atoms with Gasteiger partial charge in [0.15, 0.2) is 0 Å². The fraction of sp³-hybridized carbons (Fsp3) is 0.476. The van der Waals surface area contributed by atoms with Gasteiger partial charge in [0.2, 0.25) is 0 Å². The lowest BCUT2D eigenvalue weighted by Gasteiger charge is -2.48. The number of rotatable bonds is 8. The fourth-order valence-corrected chi connectivity index (χ4v) is 9.93. The molecular formula is C42H56N2O10S. The van der Waals surface area contributed by atoms with Gasteiger partial charge in [0, 0.05) is 23.2 Å². The molecule has 6 fully saturated rings. The molecule has 2 aromatic carbocycles. The van der Waals surface area contributed by atoms with Crippen molar-refractivity contribution in [2.45, 2.75) is 63.6 Å². The van der Waals surface area contributed by atoms with Crippen LogP contribution in [0.5, 0.6) is 11.5 Å². The maximum Gasteiger partial charge on any atom is 0.394 e. The highest BCUT2D eigenvalue weighted by Gasteiger charge is 2.45. The maximum atomic E-state index is 11.2. The van der Waals surface area contributed by atoms with Gasteiger partial charge in [-0.3, -0.25) is 19.1 Å². The summed E-state index contributed by atoms with van der Waals surface area (Å²) in [4.78, 5) is 8.88. The molecule has 12 nitrogen and oxygen atoms in total. The molecule has 55 heavy (non-hydrogen) atoms. The van der Waals surface area contributed by atoms with Crippen LogP contribution in [0.25, 0.3) is 21.8 Å². The molecule has 0 radical (unpaired) electrons. The van der Waals surface area contributed by atoms with E-state index in [9.17, 15) is 10.2 Å². The Kier molecular flexibility index (Phi) is 15.0. The normalized spacial score (nSPS) is 27.5. The van der Waals surface area contributed by atoms with Crippen LogP contribution in [0.15, 0.2) is 86.2 Å². The van der Waals surface area contributed by atoms with E-state index in [4.69, 9.17) is 27.0 Å². The Balaban J connectivity index is 0.000000211. The Morgan fingerprint density at radius 3 is 1.33 bits per heavy atom. The fourth-order valence-electron chi connectivity index (χ4n) is 9.93. The molecule has 0 aliphatic heterocycles. The van der Waals surface area contributed by atoms with E-state index in [1.54, 1.807) is 26.6 Å². The predicted octanol–water partition coefficient (Wildman–Crippen LogP) is 6.73. The molecule has 0 amide bonds. The van der Waals surface area contributed by atoms with Crippen molar-refractivity contribution in [3.63, 3.8) is 0 Å². The number of aromatic nitrogens is 2.